The van der Waals surface area contributed by atoms with Crippen LogP contribution in [0, 0.1) is 24.2 Å². The summed E-state index contributed by atoms with van der Waals surface area (Å²) < 4.78 is 5.38. The molecule has 0 aliphatic carbocycles. The van der Waals surface area contributed by atoms with E-state index in [1.165, 1.54) is 4.90 Å². The molecule has 2 rings (SSSR count). The second kappa shape index (κ2) is 13.6. The van der Waals surface area contributed by atoms with E-state index in [1.54, 1.807) is 39.0 Å². The van der Waals surface area contributed by atoms with Gasteiger partial charge in [0.2, 0.25) is 5.91 Å². The molecule has 2 aromatic carbocycles. The van der Waals surface area contributed by atoms with Crippen molar-refractivity contribution in [2.75, 3.05) is 11.9 Å². The lowest BCUT2D eigenvalue weighted by molar-refractivity contribution is -0.140. The lowest BCUT2D eigenvalue weighted by Crippen LogP contribution is -2.53. The van der Waals surface area contributed by atoms with E-state index in [0.29, 0.717) is 17.7 Å². The van der Waals surface area contributed by atoms with Crippen LogP contribution in [0.2, 0.25) is 0 Å². The summed E-state index contributed by atoms with van der Waals surface area (Å²) in [5.41, 5.74) is 2.37. The third kappa shape index (κ3) is 8.91. The van der Waals surface area contributed by atoms with Crippen molar-refractivity contribution in [2.24, 2.45) is 5.92 Å². The standard InChI is InChI=1S/C30H40N4O4/c1-8-22-13-15-23(16-14-22)26(27(35)32-24-12-10-9-11-21(24)4)34(18-17-31)28(36)25(19-20(2)3)33-29(37)38-30(5,6)7/h9-16,20,25-26H,8,18-19H2,1-7H3,(H,32,35)(H,33,37). The van der Waals surface area contributed by atoms with Gasteiger partial charge in [-0.25, -0.2) is 4.79 Å². The van der Waals surface area contributed by atoms with Crippen LogP contribution in [0.5, 0.6) is 0 Å². The number of alkyl carbamates (subject to hydrolysis) is 1. The van der Waals surface area contributed by atoms with Crippen molar-refractivity contribution in [3.8, 4) is 6.07 Å². The first-order valence-electron chi connectivity index (χ1n) is 13.0. The number of benzene rings is 2. The highest BCUT2D eigenvalue weighted by Gasteiger charge is 2.36. The highest BCUT2D eigenvalue weighted by Crippen LogP contribution is 2.26. The molecule has 0 saturated carbocycles. The Morgan fingerprint density at radius 2 is 1.68 bits per heavy atom. The lowest BCUT2D eigenvalue weighted by atomic mass is 9.98. The van der Waals surface area contributed by atoms with Crippen LogP contribution in [0.25, 0.3) is 0 Å². The van der Waals surface area contributed by atoms with Crippen LogP contribution in [0.3, 0.4) is 0 Å². The maximum Gasteiger partial charge on any atom is 0.408 e. The fraction of sp³-hybridized carbons (Fsp3) is 0.467. The average Bonchev–Trinajstić information content (AvgIpc) is 2.83. The number of amides is 3. The average molecular weight is 521 g/mol. The number of hydrogen-bond acceptors (Lipinski definition) is 5. The van der Waals surface area contributed by atoms with Crippen LogP contribution < -0.4 is 10.6 Å². The number of rotatable bonds is 10. The molecule has 0 bridgehead atoms. The van der Waals surface area contributed by atoms with E-state index in [4.69, 9.17) is 4.74 Å². The molecule has 8 nitrogen and oxygen atoms in total. The zero-order valence-electron chi connectivity index (χ0n) is 23.5. The lowest BCUT2D eigenvalue weighted by Gasteiger charge is -2.33. The molecule has 38 heavy (non-hydrogen) atoms. The molecule has 8 heteroatoms. The fourth-order valence-corrected chi connectivity index (χ4v) is 4.04. The van der Waals surface area contributed by atoms with Crippen LogP contribution >= 0.6 is 0 Å². The van der Waals surface area contributed by atoms with E-state index in [2.05, 4.69) is 10.6 Å². The molecule has 0 aromatic heterocycles. The number of ether oxygens (including phenoxy) is 1. The molecule has 0 aliphatic heterocycles. The second-order valence-electron chi connectivity index (χ2n) is 10.8. The van der Waals surface area contributed by atoms with E-state index in [1.807, 2.05) is 64.1 Å². The third-order valence-electron chi connectivity index (χ3n) is 5.89. The largest absolute Gasteiger partial charge is 0.444 e. The number of anilines is 1. The third-order valence-corrected chi connectivity index (χ3v) is 5.89. The first-order chi connectivity index (χ1) is 17.9. The topological polar surface area (TPSA) is 112 Å². The van der Waals surface area contributed by atoms with Gasteiger partial charge in [0.25, 0.3) is 5.91 Å². The van der Waals surface area contributed by atoms with Gasteiger partial charge in [-0.05, 0) is 69.2 Å². The Labute approximate surface area is 226 Å². The van der Waals surface area contributed by atoms with E-state index in [-0.39, 0.29) is 12.5 Å². The number of carbonyl (C=O) groups excluding carboxylic acids is 3. The fourth-order valence-electron chi connectivity index (χ4n) is 4.04. The van der Waals surface area contributed by atoms with Crippen LogP contribution in [0.4, 0.5) is 10.5 Å². The summed E-state index contributed by atoms with van der Waals surface area (Å²) in [6, 6.07) is 14.7. The van der Waals surface area contributed by atoms with Gasteiger partial charge >= 0.3 is 6.09 Å². The normalized spacial score (nSPS) is 12.7. The first kappa shape index (κ1) is 30.4. The molecular formula is C30H40N4O4. The molecule has 0 aliphatic rings. The molecule has 2 unspecified atom stereocenters. The molecule has 0 heterocycles. The van der Waals surface area contributed by atoms with E-state index >= 15 is 0 Å². The molecular weight excluding hydrogens is 480 g/mol. The van der Waals surface area contributed by atoms with Gasteiger partial charge in [0, 0.05) is 5.69 Å². The van der Waals surface area contributed by atoms with E-state index in [9.17, 15) is 19.6 Å². The summed E-state index contributed by atoms with van der Waals surface area (Å²) in [4.78, 5) is 41.6. The van der Waals surface area contributed by atoms with E-state index in [0.717, 1.165) is 17.5 Å². The number of nitriles is 1. The second-order valence-corrected chi connectivity index (χ2v) is 10.8. The smallest absolute Gasteiger partial charge is 0.408 e. The Kier molecular flexibility index (Phi) is 10.9. The van der Waals surface area contributed by atoms with Crippen LogP contribution in [0.1, 0.15) is 70.7 Å². The molecule has 2 atom stereocenters. The minimum absolute atomic E-state index is 0.0471. The maximum atomic E-state index is 14.0. The Hall–Kier alpha value is -3.86. The Balaban J connectivity index is 2.52. The summed E-state index contributed by atoms with van der Waals surface area (Å²) in [5.74, 6) is -0.936. The Bertz CT molecular complexity index is 1150. The van der Waals surface area contributed by atoms with Crippen LogP contribution in [0.15, 0.2) is 48.5 Å². The van der Waals surface area contributed by atoms with Crippen molar-refractivity contribution < 1.29 is 19.1 Å². The Morgan fingerprint density at radius 1 is 1.05 bits per heavy atom. The number of carbonyl (C=O) groups is 3. The number of nitrogens with zero attached hydrogens (tertiary/aromatic N) is 2. The molecule has 0 fully saturated rings. The minimum Gasteiger partial charge on any atom is -0.444 e. The molecule has 0 radical (unpaired) electrons. The highest BCUT2D eigenvalue weighted by atomic mass is 16.6. The van der Waals surface area contributed by atoms with Crippen molar-refractivity contribution in [2.45, 2.75) is 79.0 Å². The minimum atomic E-state index is -1.09. The molecule has 2 N–H and O–H groups in total. The van der Waals surface area contributed by atoms with Crippen molar-refractivity contribution in [1.29, 1.82) is 5.26 Å². The van der Waals surface area contributed by atoms with Gasteiger partial charge in [-0.1, -0.05) is 63.2 Å². The predicted molar refractivity (Wildman–Crippen MR) is 148 cm³/mol. The number of hydrogen-bond donors (Lipinski definition) is 2. The number of aryl methyl sites for hydroxylation is 2. The van der Waals surface area contributed by atoms with Gasteiger partial charge in [-0.2, -0.15) is 5.26 Å². The number of para-hydroxylation sites is 1. The molecule has 204 valence electrons. The summed E-state index contributed by atoms with van der Waals surface area (Å²) in [7, 11) is 0. The van der Waals surface area contributed by atoms with Crippen LogP contribution in [-0.4, -0.2) is 41.0 Å². The van der Waals surface area contributed by atoms with Gasteiger partial charge in [0.1, 0.15) is 24.2 Å². The quantitative estimate of drug-likeness (QED) is 0.400. The zero-order valence-corrected chi connectivity index (χ0v) is 23.5. The van der Waals surface area contributed by atoms with E-state index < -0.39 is 35.6 Å². The first-order valence-corrected chi connectivity index (χ1v) is 13.0. The van der Waals surface area contributed by atoms with Crippen molar-refractivity contribution in [3.05, 3.63) is 65.2 Å². The molecule has 2 aromatic rings. The maximum absolute atomic E-state index is 14.0. The Morgan fingerprint density at radius 3 is 2.21 bits per heavy atom. The summed E-state index contributed by atoms with van der Waals surface area (Å²) in [6.07, 6.45) is 0.389. The van der Waals surface area contributed by atoms with Crippen LogP contribution in [-0.2, 0) is 20.7 Å². The van der Waals surface area contributed by atoms with Gasteiger partial charge in [-0.15, -0.1) is 0 Å². The van der Waals surface area contributed by atoms with Gasteiger partial charge < -0.3 is 20.3 Å². The van der Waals surface area contributed by atoms with Crippen molar-refractivity contribution >= 4 is 23.6 Å². The SMILES string of the molecule is CCc1ccc(C(C(=O)Nc2ccccc2C)N(CC#N)C(=O)C(CC(C)C)NC(=O)OC(C)(C)C)cc1. The van der Waals surface area contributed by atoms with Crippen molar-refractivity contribution in [3.63, 3.8) is 0 Å². The van der Waals surface area contributed by atoms with Gasteiger partial charge in [-0.3, -0.25) is 9.59 Å². The summed E-state index contributed by atoms with van der Waals surface area (Å²) in [5, 5.41) is 15.3. The van der Waals surface area contributed by atoms with Crippen molar-refractivity contribution in [1.82, 2.24) is 10.2 Å². The van der Waals surface area contributed by atoms with Gasteiger partial charge in [0.05, 0.1) is 6.07 Å². The summed E-state index contributed by atoms with van der Waals surface area (Å²) in [6.45, 7) is 12.6. The molecule has 0 saturated heterocycles. The molecule has 0 spiro atoms. The zero-order chi connectivity index (χ0) is 28.5. The monoisotopic (exact) mass is 520 g/mol. The highest BCUT2D eigenvalue weighted by molar-refractivity contribution is 5.99. The predicted octanol–water partition coefficient (Wildman–Crippen LogP) is 5.53. The number of nitrogens with one attached hydrogen (secondary N) is 2. The van der Waals surface area contributed by atoms with Gasteiger partial charge in [0.15, 0.2) is 0 Å². The molecule has 3 amide bonds. The summed E-state index contributed by atoms with van der Waals surface area (Å²) >= 11 is 0.